The highest BCUT2D eigenvalue weighted by Crippen LogP contribution is 2.45. The highest BCUT2D eigenvalue weighted by Gasteiger charge is 2.33. The summed E-state index contributed by atoms with van der Waals surface area (Å²) in [7, 11) is 0. The monoisotopic (exact) mass is 337 g/mol. The third kappa shape index (κ3) is 2.61. The van der Waals surface area contributed by atoms with Crippen molar-refractivity contribution in [1.29, 1.82) is 0 Å². The summed E-state index contributed by atoms with van der Waals surface area (Å²) in [6.45, 7) is 7.16. The van der Waals surface area contributed by atoms with Gasteiger partial charge in [-0.05, 0) is 49.1 Å². The normalized spacial score (nSPS) is 18.3. The van der Waals surface area contributed by atoms with Crippen LogP contribution in [0.5, 0.6) is 11.5 Å². The number of fused-ring (bicyclic) bond motifs is 2. The van der Waals surface area contributed by atoms with Crippen LogP contribution in [0.15, 0.2) is 30.3 Å². The molecule has 1 atom stereocenters. The molecule has 2 aromatic carbocycles. The third-order valence-electron chi connectivity index (χ3n) is 5.14. The molecule has 2 aromatic rings. The Hall–Kier alpha value is -2.33. The van der Waals surface area contributed by atoms with Gasteiger partial charge in [0.2, 0.25) is 0 Å². The van der Waals surface area contributed by atoms with E-state index >= 15 is 0 Å². The van der Waals surface area contributed by atoms with E-state index in [2.05, 4.69) is 23.5 Å². The Labute approximate surface area is 147 Å². The molecule has 0 amide bonds. The minimum absolute atomic E-state index is 0.0942. The van der Waals surface area contributed by atoms with E-state index in [1.165, 1.54) is 16.7 Å². The molecule has 0 radical (unpaired) electrons. The maximum atomic E-state index is 12.2. The van der Waals surface area contributed by atoms with Gasteiger partial charge in [0.15, 0.2) is 11.5 Å². The average molecular weight is 337 g/mol. The Morgan fingerprint density at radius 2 is 1.96 bits per heavy atom. The van der Waals surface area contributed by atoms with Crippen molar-refractivity contribution in [1.82, 2.24) is 5.32 Å². The lowest BCUT2D eigenvalue weighted by molar-refractivity contribution is -0.143. The molecule has 4 nitrogen and oxygen atoms in total. The van der Waals surface area contributed by atoms with Gasteiger partial charge in [0.1, 0.15) is 0 Å². The first-order chi connectivity index (χ1) is 11.9. The van der Waals surface area contributed by atoms with Crippen molar-refractivity contribution in [3.8, 4) is 11.5 Å². The van der Waals surface area contributed by atoms with E-state index in [1.54, 1.807) is 26.8 Å². The summed E-state index contributed by atoms with van der Waals surface area (Å²) in [5, 5.41) is 14.2. The zero-order chi connectivity index (χ0) is 17.8. The van der Waals surface area contributed by atoms with E-state index in [0.29, 0.717) is 6.42 Å². The van der Waals surface area contributed by atoms with Gasteiger partial charge >= 0.3 is 5.97 Å². The number of phenols is 1. The van der Waals surface area contributed by atoms with Crippen molar-refractivity contribution in [3.63, 3.8) is 0 Å². The van der Waals surface area contributed by atoms with Crippen molar-refractivity contribution in [2.45, 2.75) is 39.7 Å². The molecule has 1 heterocycles. The standard InChI is InChI=1S/C21H23NO3/c1-21(2,3)20(24)25-17-8-7-14-15(19(17)23)9-12-5-4-6-13-10-22-11-16(14)18(12)13/h4-8,16,22-23H,9-11H2,1-3H3. The summed E-state index contributed by atoms with van der Waals surface area (Å²) in [6.07, 6.45) is 0.668. The summed E-state index contributed by atoms with van der Waals surface area (Å²) < 4.78 is 5.47. The molecule has 0 fully saturated rings. The lowest BCUT2D eigenvalue weighted by Gasteiger charge is -2.35. The average Bonchev–Trinajstić information content (AvgIpc) is 2.57. The second-order valence-electron chi connectivity index (χ2n) is 7.97. The summed E-state index contributed by atoms with van der Waals surface area (Å²) >= 11 is 0. The number of carbonyl (C=O) groups excluding carboxylic acids is 1. The maximum Gasteiger partial charge on any atom is 0.316 e. The Balaban J connectivity index is 1.77. The quantitative estimate of drug-likeness (QED) is 0.618. The Kier molecular flexibility index (Phi) is 3.62. The molecule has 25 heavy (non-hydrogen) atoms. The summed E-state index contributed by atoms with van der Waals surface area (Å²) in [6, 6.07) is 10.1. The summed E-state index contributed by atoms with van der Waals surface area (Å²) in [4.78, 5) is 12.2. The number of ether oxygens (including phenoxy) is 1. The number of benzene rings is 2. The number of esters is 1. The molecule has 2 aliphatic rings. The molecule has 4 heteroatoms. The zero-order valence-corrected chi connectivity index (χ0v) is 14.8. The highest BCUT2D eigenvalue weighted by molar-refractivity contribution is 5.79. The van der Waals surface area contributed by atoms with Gasteiger partial charge in [0, 0.05) is 31.0 Å². The van der Waals surface area contributed by atoms with Gasteiger partial charge < -0.3 is 15.2 Å². The van der Waals surface area contributed by atoms with Gasteiger partial charge in [-0.25, -0.2) is 0 Å². The second kappa shape index (κ2) is 5.60. The lowest BCUT2D eigenvalue weighted by Crippen LogP contribution is -2.32. The van der Waals surface area contributed by atoms with Crippen LogP contribution in [0.4, 0.5) is 0 Å². The molecule has 0 saturated heterocycles. The van der Waals surface area contributed by atoms with E-state index in [1.807, 2.05) is 6.07 Å². The van der Waals surface area contributed by atoms with Crippen LogP contribution in [0.1, 0.15) is 54.5 Å². The number of aromatic hydroxyl groups is 1. The number of phenolic OH excluding ortho intramolecular Hbond substituents is 1. The van der Waals surface area contributed by atoms with Crippen molar-refractivity contribution < 1.29 is 14.6 Å². The van der Waals surface area contributed by atoms with Crippen LogP contribution in [0, 0.1) is 5.41 Å². The van der Waals surface area contributed by atoms with Crippen LogP contribution < -0.4 is 10.1 Å². The molecule has 130 valence electrons. The Bertz CT molecular complexity index is 864. The number of nitrogens with one attached hydrogen (secondary N) is 1. The lowest BCUT2D eigenvalue weighted by atomic mass is 9.74. The Morgan fingerprint density at radius 3 is 2.72 bits per heavy atom. The Morgan fingerprint density at radius 1 is 1.20 bits per heavy atom. The van der Waals surface area contributed by atoms with E-state index in [-0.39, 0.29) is 23.4 Å². The van der Waals surface area contributed by atoms with Crippen LogP contribution in [0.2, 0.25) is 0 Å². The van der Waals surface area contributed by atoms with E-state index < -0.39 is 5.41 Å². The zero-order valence-electron chi connectivity index (χ0n) is 14.8. The van der Waals surface area contributed by atoms with Gasteiger partial charge in [0.25, 0.3) is 0 Å². The summed E-state index contributed by atoms with van der Waals surface area (Å²) in [5.74, 6) is 0.237. The molecule has 0 saturated carbocycles. The third-order valence-corrected chi connectivity index (χ3v) is 5.14. The first-order valence-corrected chi connectivity index (χ1v) is 8.74. The number of hydrogen-bond donors (Lipinski definition) is 2. The van der Waals surface area contributed by atoms with Crippen LogP contribution in [-0.2, 0) is 17.8 Å². The van der Waals surface area contributed by atoms with Crippen molar-refractivity contribution >= 4 is 5.97 Å². The molecule has 1 aliphatic heterocycles. The highest BCUT2D eigenvalue weighted by atomic mass is 16.5. The van der Waals surface area contributed by atoms with Gasteiger partial charge in [-0.3, -0.25) is 4.79 Å². The fourth-order valence-corrected chi connectivity index (χ4v) is 3.81. The van der Waals surface area contributed by atoms with Gasteiger partial charge in [0.05, 0.1) is 5.41 Å². The second-order valence-corrected chi connectivity index (χ2v) is 7.97. The molecular weight excluding hydrogens is 314 g/mol. The largest absolute Gasteiger partial charge is 0.504 e. The van der Waals surface area contributed by atoms with Crippen LogP contribution in [0.25, 0.3) is 0 Å². The van der Waals surface area contributed by atoms with Gasteiger partial charge in [-0.2, -0.15) is 0 Å². The number of hydrogen-bond acceptors (Lipinski definition) is 4. The van der Waals surface area contributed by atoms with Crippen LogP contribution >= 0.6 is 0 Å². The fraction of sp³-hybridized carbons (Fsp3) is 0.381. The first-order valence-electron chi connectivity index (χ1n) is 8.74. The number of rotatable bonds is 1. The smallest absolute Gasteiger partial charge is 0.316 e. The molecular formula is C21H23NO3. The van der Waals surface area contributed by atoms with Crippen LogP contribution in [0.3, 0.4) is 0 Å². The van der Waals surface area contributed by atoms with Crippen LogP contribution in [-0.4, -0.2) is 17.6 Å². The minimum Gasteiger partial charge on any atom is -0.504 e. The first kappa shape index (κ1) is 16.2. The van der Waals surface area contributed by atoms with Gasteiger partial charge in [-0.15, -0.1) is 0 Å². The number of carbonyl (C=O) groups is 1. The molecule has 0 spiro atoms. The van der Waals surface area contributed by atoms with Crippen molar-refractivity contribution in [2.75, 3.05) is 6.54 Å². The van der Waals surface area contributed by atoms with Gasteiger partial charge in [-0.1, -0.05) is 24.3 Å². The summed E-state index contributed by atoms with van der Waals surface area (Å²) in [5.41, 5.74) is 5.37. The molecule has 4 rings (SSSR count). The van der Waals surface area contributed by atoms with E-state index in [4.69, 9.17) is 4.74 Å². The van der Waals surface area contributed by atoms with Crippen molar-refractivity contribution in [3.05, 3.63) is 58.1 Å². The predicted molar refractivity (Wildman–Crippen MR) is 96.0 cm³/mol. The minimum atomic E-state index is -0.614. The van der Waals surface area contributed by atoms with E-state index in [9.17, 15) is 9.90 Å². The molecule has 0 aromatic heterocycles. The molecule has 0 bridgehead atoms. The predicted octanol–water partition coefficient (Wildman–Crippen LogP) is 3.48. The molecule has 1 aliphatic carbocycles. The molecule has 1 unspecified atom stereocenters. The SMILES string of the molecule is CC(C)(C)C(=O)Oc1ccc2c(c1O)Cc1cccc3c1C2CNC3. The maximum absolute atomic E-state index is 12.2. The topological polar surface area (TPSA) is 58.6 Å². The van der Waals surface area contributed by atoms with Crippen molar-refractivity contribution in [2.24, 2.45) is 5.41 Å². The molecule has 2 N–H and O–H groups in total. The van der Waals surface area contributed by atoms with E-state index in [0.717, 1.165) is 24.2 Å². The fourth-order valence-electron chi connectivity index (χ4n) is 3.81.